The van der Waals surface area contributed by atoms with Gasteiger partial charge in [-0.15, -0.1) is 0 Å². The summed E-state index contributed by atoms with van der Waals surface area (Å²) in [7, 11) is 1.57. The smallest absolute Gasteiger partial charge is 0.312 e. The van der Waals surface area contributed by atoms with Gasteiger partial charge in [0.15, 0.2) is 0 Å². The Balaban J connectivity index is 4.22. The van der Waals surface area contributed by atoms with Crippen LogP contribution < -0.4 is 38.5 Å². The first-order chi connectivity index (χ1) is 10.8. The Hall–Kier alpha value is -2.40. The van der Waals surface area contributed by atoms with Crippen LogP contribution >= 0.6 is 0 Å². The molecule has 11 heteroatoms. The van der Waals surface area contributed by atoms with Gasteiger partial charge in [-0.2, -0.15) is 0 Å². The van der Waals surface area contributed by atoms with E-state index in [-0.39, 0.29) is 26.1 Å². The Morgan fingerprint density at radius 2 is 1.70 bits per heavy atom. The van der Waals surface area contributed by atoms with Crippen molar-refractivity contribution in [1.29, 1.82) is 0 Å². The van der Waals surface area contributed by atoms with Gasteiger partial charge in [-0.1, -0.05) is 0 Å². The normalized spacial score (nSPS) is 12.8. The molecular formula is C12H25N7O4. The maximum absolute atomic E-state index is 11.7. The molecule has 0 bridgehead atoms. The van der Waals surface area contributed by atoms with Gasteiger partial charge in [0.1, 0.15) is 6.04 Å². The van der Waals surface area contributed by atoms with Crippen LogP contribution in [0.1, 0.15) is 12.8 Å². The zero-order valence-corrected chi connectivity index (χ0v) is 13.1. The van der Waals surface area contributed by atoms with Crippen LogP contribution in [0.2, 0.25) is 0 Å². The van der Waals surface area contributed by atoms with E-state index < -0.39 is 35.8 Å². The highest BCUT2D eigenvalue weighted by molar-refractivity contribution is 5.90. The lowest BCUT2D eigenvalue weighted by atomic mass is 10.1. The molecule has 0 aromatic carbocycles. The molecule has 23 heavy (non-hydrogen) atoms. The Kier molecular flexibility index (Phi) is 10.0. The van der Waals surface area contributed by atoms with E-state index in [2.05, 4.69) is 21.3 Å². The molecule has 2 atom stereocenters. The van der Waals surface area contributed by atoms with Crippen molar-refractivity contribution in [3.63, 3.8) is 0 Å². The standard InChI is InChI=1S/C12H25N7O4/c1-16-8(5-13)11(22)18-6-9(20)19-7(10(14)21)3-2-4-17-12(15)23/h7-8,16H,2-6,13H2,1H3,(H2,14,21)(H,18,22)(H,19,20)(H3,15,17,23). The van der Waals surface area contributed by atoms with Gasteiger partial charge in [-0.25, -0.2) is 4.79 Å². The first kappa shape index (κ1) is 20.6. The Morgan fingerprint density at radius 3 is 2.17 bits per heavy atom. The number of urea groups is 1. The lowest BCUT2D eigenvalue weighted by Crippen LogP contribution is -2.52. The molecule has 0 heterocycles. The monoisotopic (exact) mass is 331 g/mol. The van der Waals surface area contributed by atoms with Crippen LogP contribution in [0.5, 0.6) is 0 Å². The van der Waals surface area contributed by atoms with Crippen molar-refractivity contribution in [2.24, 2.45) is 17.2 Å². The third kappa shape index (κ3) is 9.26. The Morgan fingerprint density at radius 1 is 1.04 bits per heavy atom. The van der Waals surface area contributed by atoms with Crippen LogP contribution in [0, 0.1) is 0 Å². The summed E-state index contributed by atoms with van der Waals surface area (Å²) in [6.45, 7) is 0.0348. The van der Waals surface area contributed by atoms with Crippen LogP contribution in [0.25, 0.3) is 0 Å². The minimum Gasteiger partial charge on any atom is -0.368 e. The molecule has 5 amide bonds. The fourth-order valence-corrected chi connectivity index (χ4v) is 1.70. The number of amides is 5. The molecule has 0 aliphatic carbocycles. The van der Waals surface area contributed by atoms with Gasteiger partial charge in [-0.3, -0.25) is 14.4 Å². The number of carbonyl (C=O) groups is 4. The minimum atomic E-state index is -0.899. The second kappa shape index (κ2) is 11.2. The van der Waals surface area contributed by atoms with Crippen LogP contribution in [-0.2, 0) is 14.4 Å². The number of carbonyl (C=O) groups excluding carboxylic acids is 4. The van der Waals surface area contributed by atoms with Crippen molar-refractivity contribution in [2.45, 2.75) is 24.9 Å². The second-order valence-corrected chi connectivity index (χ2v) is 4.75. The third-order valence-electron chi connectivity index (χ3n) is 2.97. The summed E-state index contributed by atoms with van der Waals surface area (Å²) in [5.74, 6) is -1.69. The van der Waals surface area contributed by atoms with E-state index in [1.54, 1.807) is 7.05 Å². The SMILES string of the molecule is CNC(CN)C(=O)NCC(=O)NC(CCCNC(N)=O)C(N)=O. The molecule has 132 valence electrons. The summed E-state index contributed by atoms with van der Waals surface area (Å²) in [6, 6.07) is -2.18. The average molecular weight is 331 g/mol. The van der Waals surface area contributed by atoms with Gasteiger partial charge >= 0.3 is 6.03 Å². The number of rotatable bonds is 11. The number of likely N-dealkylation sites (N-methyl/N-ethyl adjacent to an activating group) is 1. The summed E-state index contributed by atoms with van der Waals surface area (Å²) in [5.41, 5.74) is 15.5. The highest BCUT2D eigenvalue weighted by Gasteiger charge is 2.19. The van der Waals surface area contributed by atoms with Gasteiger partial charge in [-0.05, 0) is 19.9 Å². The second-order valence-electron chi connectivity index (χ2n) is 4.75. The van der Waals surface area contributed by atoms with Crippen LogP contribution in [0.4, 0.5) is 4.79 Å². The molecule has 0 radical (unpaired) electrons. The molecule has 2 unspecified atom stereocenters. The van der Waals surface area contributed by atoms with Crippen LogP contribution in [0.15, 0.2) is 0 Å². The van der Waals surface area contributed by atoms with Gasteiger partial charge in [0.2, 0.25) is 17.7 Å². The van der Waals surface area contributed by atoms with Crippen molar-refractivity contribution >= 4 is 23.8 Å². The predicted octanol–water partition coefficient (Wildman–Crippen LogP) is -3.93. The molecule has 0 aromatic heterocycles. The third-order valence-corrected chi connectivity index (χ3v) is 2.97. The summed E-state index contributed by atoms with van der Waals surface area (Å²) < 4.78 is 0. The van der Waals surface area contributed by atoms with Crippen molar-refractivity contribution in [1.82, 2.24) is 21.3 Å². The van der Waals surface area contributed by atoms with Gasteiger partial charge in [0.05, 0.1) is 12.6 Å². The highest BCUT2D eigenvalue weighted by atomic mass is 16.2. The van der Waals surface area contributed by atoms with Gasteiger partial charge < -0.3 is 38.5 Å². The van der Waals surface area contributed by atoms with Crippen molar-refractivity contribution < 1.29 is 19.2 Å². The molecule has 0 saturated heterocycles. The van der Waals surface area contributed by atoms with Gasteiger partial charge in [0.25, 0.3) is 0 Å². The van der Waals surface area contributed by atoms with E-state index in [9.17, 15) is 19.2 Å². The van der Waals surface area contributed by atoms with E-state index in [1.165, 1.54) is 0 Å². The van der Waals surface area contributed by atoms with E-state index >= 15 is 0 Å². The molecular weight excluding hydrogens is 306 g/mol. The number of primary amides is 2. The van der Waals surface area contributed by atoms with Crippen molar-refractivity contribution in [2.75, 3.05) is 26.7 Å². The first-order valence-corrected chi connectivity index (χ1v) is 7.08. The Labute approximate surface area is 134 Å². The van der Waals surface area contributed by atoms with E-state index in [0.717, 1.165) is 0 Å². The van der Waals surface area contributed by atoms with E-state index in [0.29, 0.717) is 6.42 Å². The van der Waals surface area contributed by atoms with Gasteiger partial charge in [0, 0.05) is 13.1 Å². The molecule has 0 aliphatic heterocycles. The number of nitrogens with two attached hydrogens (primary N) is 3. The number of nitrogens with one attached hydrogen (secondary N) is 4. The molecule has 0 rings (SSSR count). The van der Waals surface area contributed by atoms with E-state index in [4.69, 9.17) is 17.2 Å². The molecule has 0 saturated carbocycles. The molecule has 11 nitrogen and oxygen atoms in total. The molecule has 0 spiro atoms. The minimum absolute atomic E-state index is 0.0841. The predicted molar refractivity (Wildman–Crippen MR) is 82.9 cm³/mol. The molecule has 0 aliphatic rings. The largest absolute Gasteiger partial charge is 0.368 e. The van der Waals surface area contributed by atoms with Crippen molar-refractivity contribution in [3.8, 4) is 0 Å². The molecule has 0 fully saturated rings. The summed E-state index contributed by atoms with van der Waals surface area (Å²) >= 11 is 0. The molecule has 0 aromatic rings. The number of hydrogen-bond donors (Lipinski definition) is 7. The zero-order valence-electron chi connectivity index (χ0n) is 13.1. The van der Waals surface area contributed by atoms with Crippen molar-refractivity contribution in [3.05, 3.63) is 0 Å². The fraction of sp³-hybridized carbons (Fsp3) is 0.667. The average Bonchev–Trinajstić information content (AvgIpc) is 2.48. The highest BCUT2D eigenvalue weighted by Crippen LogP contribution is 1.96. The van der Waals surface area contributed by atoms with E-state index in [1.807, 2.05) is 0 Å². The summed E-state index contributed by atoms with van der Waals surface area (Å²) in [5, 5.41) is 9.85. The fourth-order valence-electron chi connectivity index (χ4n) is 1.70. The first-order valence-electron chi connectivity index (χ1n) is 7.08. The Bertz CT molecular complexity index is 426. The summed E-state index contributed by atoms with van der Waals surface area (Å²) in [6.07, 6.45) is 0.634. The van der Waals surface area contributed by atoms with Crippen LogP contribution in [-0.4, -0.2) is 62.5 Å². The lowest BCUT2D eigenvalue weighted by Gasteiger charge is -2.17. The zero-order chi connectivity index (χ0) is 17.8. The molecule has 10 N–H and O–H groups in total. The lowest BCUT2D eigenvalue weighted by molar-refractivity contribution is -0.129. The summed E-state index contributed by atoms with van der Waals surface area (Å²) in [4.78, 5) is 45.1. The maximum atomic E-state index is 11.7. The number of hydrogen-bond acceptors (Lipinski definition) is 6. The maximum Gasteiger partial charge on any atom is 0.312 e. The quantitative estimate of drug-likeness (QED) is 0.189. The topological polar surface area (TPSA) is 194 Å². The van der Waals surface area contributed by atoms with Crippen LogP contribution in [0.3, 0.4) is 0 Å².